The van der Waals surface area contributed by atoms with Crippen LogP contribution in [0.4, 0.5) is 0 Å². The highest BCUT2D eigenvalue weighted by molar-refractivity contribution is 5.95. The Labute approximate surface area is 177 Å². The molecule has 1 N–H and O–H groups in total. The Kier molecular flexibility index (Phi) is 5.53. The number of carbonyl (C=O) groups excluding carboxylic acids is 1. The van der Waals surface area contributed by atoms with Gasteiger partial charge in [-0.15, -0.1) is 0 Å². The molecule has 1 aliphatic carbocycles. The van der Waals surface area contributed by atoms with Crippen LogP contribution < -0.4 is 14.2 Å². The van der Waals surface area contributed by atoms with Crippen LogP contribution in [0.25, 0.3) is 5.57 Å². The summed E-state index contributed by atoms with van der Waals surface area (Å²) < 4.78 is 23.6. The summed E-state index contributed by atoms with van der Waals surface area (Å²) in [5.74, 6) is 1.34. The smallest absolute Gasteiger partial charge is 0.374 e. The van der Waals surface area contributed by atoms with E-state index in [4.69, 9.17) is 18.9 Å². The van der Waals surface area contributed by atoms with Gasteiger partial charge in [-0.3, -0.25) is 0 Å². The predicted molar refractivity (Wildman–Crippen MR) is 113 cm³/mol. The van der Waals surface area contributed by atoms with E-state index in [-0.39, 0.29) is 18.5 Å². The Hall–Kier alpha value is -2.47. The first kappa shape index (κ1) is 20.8. The number of ether oxygens (including phenoxy) is 4. The first-order chi connectivity index (χ1) is 14.3. The lowest BCUT2D eigenvalue weighted by atomic mass is 9.92. The fraction of sp³-hybridized carbons (Fsp3) is 0.542. The third-order valence-electron chi connectivity index (χ3n) is 5.91. The standard InChI is InChI=1S/C24H30O6/c1-5-27-23(25)19-11-14(2)21-18(29-19)13-17-16(12-20(30-17)24(3,4)26)22(21)28-15-9-7-6-8-10-15/h11,13,15,20,26H,2,5-10,12H2,1,3-4H3/t20-/m0/s1. The number of benzene rings is 1. The molecule has 0 saturated heterocycles. The van der Waals surface area contributed by atoms with Crippen molar-refractivity contribution < 1.29 is 28.8 Å². The van der Waals surface area contributed by atoms with E-state index in [1.54, 1.807) is 32.9 Å². The van der Waals surface area contributed by atoms with Crippen LogP contribution in [0.1, 0.15) is 64.0 Å². The van der Waals surface area contributed by atoms with E-state index in [0.29, 0.717) is 29.2 Å². The van der Waals surface area contributed by atoms with Gasteiger partial charge in [0.2, 0.25) is 5.76 Å². The maximum Gasteiger partial charge on any atom is 0.374 e. The second kappa shape index (κ2) is 7.99. The molecule has 4 rings (SSSR count). The molecule has 30 heavy (non-hydrogen) atoms. The van der Waals surface area contributed by atoms with Gasteiger partial charge in [-0.1, -0.05) is 13.0 Å². The van der Waals surface area contributed by atoms with Gasteiger partial charge >= 0.3 is 5.97 Å². The molecule has 1 fully saturated rings. The molecule has 6 heteroatoms. The minimum atomic E-state index is -1.01. The van der Waals surface area contributed by atoms with Crippen molar-refractivity contribution in [3.8, 4) is 17.2 Å². The molecule has 0 unspecified atom stereocenters. The van der Waals surface area contributed by atoms with Gasteiger partial charge in [-0.05, 0) is 58.1 Å². The van der Waals surface area contributed by atoms with E-state index < -0.39 is 17.7 Å². The molecule has 0 bridgehead atoms. The lowest BCUT2D eigenvalue weighted by Gasteiger charge is -2.28. The van der Waals surface area contributed by atoms with Gasteiger partial charge in [0.1, 0.15) is 23.4 Å². The van der Waals surface area contributed by atoms with Gasteiger partial charge in [0.25, 0.3) is 0 Å². The third-order valence-corrected chi connectivity index (χ3v) is 5.91. The number of esters is 1. The molecule has 2 aliphatic heterocycles. The number of allylic oxidation sites excluding steroid dienone is 2. The monoisotopic (exact) mass is 414 g/mol. The maximum absolute atomic E-state index is 12.2. The van der Waals surface area contributed by atoms with Crippen LogP contribution in [0.15, 0.2) is 24.5 Å². The van der Waals surface area contributed by atoms with Crippen LogP contribution in [0.5, 0.6) is 17.2 Å². The molecule has 1 atom stereocenters. The van der Waals surface area contributed by atoms with Crippen LogP contribution in [0, 0.1) is 0 Å². The fourth-order valence-corrected chi connectivity index (χ4v) is 4.27. The SMILES string of the molecule is C=C1C=C(C(=O)OCC)Oc2cc3c(c(OC4CCCCC4)c21)C[C@@H](C(C)(C)O)O3. The number of rotatable bonds is 5. The number of hydrogen-bond acceptors (Lipinski definition) is 6. The molecular weight excluding hydrogens is 384 g/mol. The molecule has 0 amide bonds. The highest BCUT2D eigenvalue weighted by atomic mass is 16.6. The van der Waals surface area contributed by atoms with Crippen molar-refractivity contribution in [2.45, 2.75) is 77.1 Å². The highest BCUT2D eigenvalue weighted by Gasteiger charge is 2.40. The second-order valence-corrected chi connectivity index (χ2v) is 8.75. The molecule has 0 aromatic heterocycles. The fourth-order valence-electron chi connectivity index (χ4n) is 4.27. The Balaban J connectivity index is 1.74. The number of aliphatic hydroxyl groups is 1. The summed E-state index contributed by atoms with van der Waals surface area (Å²) in [6.45, 7) is 9.64. The number of hydrogen-bond donors (Lipinski definition) is 1. The molecular formula is C24H30O6. The summed E-state index contributed by atoms with van der Waals surface area (Å²) in [6, 6.07) is 1.77. The summed E-state index contributed by atoms with van der Waals surface area (Å²) in [6.07, 6.45) is 7.41. The number of fused-ring (bicyclic) bond motifs is 2. The predicted octanol–water partition coefficient (Wildman–Crippen LogP) is 4.33. The van der Waals surface area contributed by atoms with Crippen LogP contribution in [-0.4, -0.2) is 35.5 Å². The van der Waals surface area contributed by atoms with Crippen LogP contribution in [-0.2, 0) is 16.0 Å². The molecule has 1 aromatic rings. The van der Waals surface area contributed by atoms with E-state index in [1.807, 2.05) is 0 Å². The molecule has 3 aliphatic rings. The summed E-state index contributed by atoms with van der Waals surface area (Å²) in [5, 5.41) is 10.5. The zero-order chi connectivity index (χ0) is 21.5. The van der Waals surface area contributed by atoms with Gasteiger partial charge in [0.05, 0.1) is 23.9 Å². The quantitative estimate of drug-likeness (QED) is 0.723. The van der Waals surface area contributed by atoms with Crippen LogP contribution in [0.2, 0.25) is 0 Å². The normalized spacial score (nSPS) is 21.1. The third kappa shape index (κ3) is 3.93. The van der Waals surface area contributed by atoms with Gasteiger partial charge in [0.15, 0.2) is 0 Å². The summed E-state index contributed by atoms with van der Waals surface area (Å²) in [7, 11) is 0. The minimum absolute atomic E-state index is 0.0925. The topological polar surface area (TPSA) is 74.2 Å². The largest absolute Gasteiger partial charge is 0.489 e. The average Bonchev–Trinajstić information content (AvgIpc) is 3.13. The van der Waals surface area contributed by atoms with E-state index in [9.17, 15) is 9.90 Å². The lowest BCUT2D eigenvalue weighted by molar-refractivity contribution is -0.141. The van der Waals surface area contributed by atoms with Crippen molar-refractivity contribution in [1.29, 1.82) is 0 Å². The van der Waals surface area contributed by atoms with Gasteiger partial charge in [-0.25, -0.2) is 4.79 Å². The van der Waals surface area contributed by atoms with E-state index in [2.05, 4.69) is 6.58 Å². The van der Waals surface area contributed by atoms with Crippen molar-refractivity contribution in [2.24, 2.45) is 0 Å². The molecule has 1 saturated carbocycles. The van der Waals surface area contributed by atoms with Crippen molar-refractivity contribution in [2.75, 3.05) is 6.61 Å². The highest BCUT2D eigenvalue weighted by Crippen LogP contribution is 2.50. The molecule has 162 valence electrons. The van der Waals surface area contributed by atoms with Crippen molar-refractivity contribution in [3.05, 3.63) is 35.6 Å². The van der Waals surface area contributed by atoms with E-state index in [0.717, 1.165) is 36.8 Å². The van der Waals surface area contributed by atoms with E-state index in [1.165, 1.54) is 6.42 Å². The van der Waals surface area contributed by atoms with Gasteiger partial charge in [-0.2, -0.15) is 0 Å². The molecule has 6 nitrogen and oxygen atoms in total. The Morgan fingerprint density at radius 2 is 2.00 bits per heavy atom. The second-order valence-electron chi connectivity index (χ2n) is 8.75. The molecule has 2 heterocycles. The first-order valence-electron chi connectivity index (χ1n) is 10.8. The van der Waals surface area contributed by atoms with Crippen LogP contribution in [0.3, 0.4) is 0 Å². The average molecular weight is 414 g/mol. The maximum atomic E-state index is 12.2. The minimum Gasteiger partial charge on any atom is -0.489 e. The molecule has 0 radical (unpaired) electrons. The zero-order valence-corrected chi connectivity index (χ0v) is 18.0. The van der Waals surface area contributed by atoms with Crippen molar-refractivity contribution in [1.82, 2.24) is 0 Å². The van der Waals surface area contributed by atoms with Crippen molar-refractivity contribution >= 4 is 11.5 Å². The first-order valence-corrected chi connectivity index (χ1v) is 10.8. The molecule has 0 spiro atoms. The van der Waals surface area contributed by atoms with E-state index >= 15 is 0 Å². The van der Waals surface area contributed by atoms with Crippen LogP contribution >= 0.6 is 0 Å². The molecule has 1 aromatic carbocycles. The Bertz CT molecular complexity index is 886. The summed E-state index contributed by atoms with van der Waals surface area (Å²) >= 11 is 0. The lowest BCUT2D eigenvalue weighted by Crippen LogP contribution is -2.39. The number of carbonyl (C=O) groups is 1. The Morgan fingerprint density at radius 3 is 2.67 bits per heavy atom. The zero-order valence-electron chi connectivity index (χ0n) is 18.0. The van der Waals surface area contributed by atoms with Crippen molar-refractivity contribution in [3.63, 3.8) is 0 Å². The van der Waals surface area contributed by atoms with Gasteiger partial charge in [0, 0.05) is 18.1 Å². The Morgan fingerprint density at radius 1 is 1.27 bits per heavy atom. The van der Waals surface area contributed by atoms with Gasteiger partial charge < -0.3 is 24.1 Å². The summed E-state index contributed by atoms with van der Waals surface area (Å²) in [4.78, 5) is 12.2. The summed E-state index contributed by atoms with van der Waals surface area (Å²) in [5.41, 5.74) is 1.30.